The zero-order valence-electron chi connectivity index (χ0n) is 16.2. The summed E-state index contributed by atoms with van der Waals surface area (Å²) in [5, 5.41) is 14.0. The monoisotopic (exact) mass is 396 g/mol. The van der Waals surface area contributed by atoms with E-state index in [4.69, 9.17) is 5.11 Å². The number of para-hydroxylation sites is 2. The second-order valence-electron chi connectivity index (χ2n) is 6.82. The van der Waals surface area contributed by atoms with E-state index in [2.05, 4.69) is 15.5 Å². The summed E-state index contributed by atoms with van der Waals surface area (Å²) in [6.07, 6.45) is 0. The molecule has 1 aliphatic heterocycles. The van der Waals surface area contributed by atoms with Crippen LogP contribution in [0.1, 0.15) is 17.3 Å². The zero-order valence-corrected chi connectivity index (χ0v) is 16.2. The topological polar surface area (TPSA) is 102 Å². The van der Waals surface area contributed by atoms with Gasteiger partial charge in [-0.25, -0.2) is 4.79 Å². The average molecular weight is 396 g/mol. The van der Waals surface area contributed by atoms with E-state index in [9.17, 15) is 14.4 Å². The van der Waals surface area contributed by atoms with Crippen molar-refractivity contribution in [1.29, 1.82) is 0 Å². The fourth-order valence-corrected chi connectivity index (χ4v) is 3.19. The van der Waals surface area contributed by atoms with Crippen molar-refractivity contribution in [3.8, 4) is 0 Å². The van der Waals surface area contributed by atoms with Crippen LogP contribution in [-0.2, 0) is 4.79 Å². The van der Waals surface area contributed by atoms with Crippen molar-refractivity contribution in [2.75, 3.05) is 36.4 Å². The molecule has 3 amide bonds. The molecule has 1 saturated heterocycles. The molecule has 8 heteroatoms. The summed E-state index contributed by atoms with van der Waals surface area (Å²) < 4.78 is 0. The Labute approximate surface area is 169 Å². The van der Waals surface area contributed by atoms with Crippen LogP contribution in [0, 0.1) is 0 Å². The van der Waals surface area contributed by atoms with Gasteiger partial charge in [-0.1, -0.05) is 30.3 Å². The van der Waals surface area contributed by atoms with Gasteiger partial charge in [0.15, 0.2) is 0 Å². The third-order valence-corrected chi connectivity index (χ3v) is 4.80. The minimum Gasteiger partial charge on any atom is -0.480 e. The van der Waals surface area contributed by atoms with Gasteiger partial charge in [0.25, 0.3) is 5.91 Å². The highest BCUT2D eigenvalue weighted by atomic mass is 16.4. The molecule has 1 aliphatic rings. The maximum absolute atomic E-state index is 12.6. The van der Waals surface area contributed by atoms with Crippen LogP contribution in [0.3, 0.4) is 0 Å². The highest BCUT2D eigenvalue weighted by molar-refractivity contribution is 5.96. The molecule has 152 valence electrons. The predicted molar refractivity (Wildman–Crippen MR) is 110 cm³/mol. The predicted octanol–water partition coefficient (Wildman–Crippen LogP) is 2.24. The smallest absolute Gasteiger partial charge is 0.325 e. The Bertz CT molecular complexity index is 879. The Morgan fingerprint density at radius 1 is 0.931 bits per heavy atom. The number of carbonyl (C=O) groups is 3. The maximum atomic E-state index is 12.6. The Hall–Kier alpha value is -3.55. The summed E-state index contributed by atoms with van der Waals surface area (Å²) in [7, 11) is 0. The van der Waals surface area contributed by atoms with Gasteiger partial charge in [-0.3, -0.25) is 9.59 Å². The molecule has 1 atom stereocenters. The summed E-state index contributed by atoms with van der Waals surface area (Å²) in [4.78, 5) is 39.5. The molecule has 1 unspecified atom stereocenters. The van der Waals surface area contributed by atoms with Gasteiger partial charge in [0.1, 0.15) is 6.04 Å². The molecule has 1 heterocycles. The van der Waals surface area contributed by atoms with E-state index < -0.39 is 18.0 Å². The second-order valence-corrected chi connectivity index (χ2v) is 6.82. The maximum Gasteiger partial charge on any atom is 0.325 e. The first-order chi connectivity index (χ1) is 14.0. The van der Waals surface area contributed by atoms with Gasteiger partial charge in [-0.2, -0.15) is 0 Å². The summed E-state index contributed by atoms with van der Waals surface area (Å²) in [6, 6.07) is 15.0. The molecule has 0 radical (unpaired) electrons. The molecule has 2 aromatic carbocycles. The van der Waals surface area contributed by atoms with Crippen LogP contribution in [-0.4, -0.2) is 60.1 Å². The van der Waals surface area contributed by atoms with E-state index in [1.807, 2.05) is 47.4 Å². The number of hydrogen-bond donors (Lipinski definition) is 3. The summed E-state index contributed by atoms with van der Waals surface area (Å²) in [5.74, 6) is -1.09. The minimum absolute atomic E-state index is 0.0127. The molecule has 0 aliphatic carbocycles. The number of hydrogen-bond acceptors (Lipinski definition) is 4. The number of nitrogens with one attached hydrogen (secondary N) is 2. The fraction of sp³-hybridized carbons (Fsp3) is 0.286. The van der Waals surface area contributed by atoms with E-state index in [0.29, 0.717) is 37.4 Å². The van der Waals surface area contributed by atoms with Crippen LogP contribution in [0.5, 0.6) is 0 Å². The molecule has 8 nitrogen and oxygen atoms in total. The molecule has 0 aromatic heterocycles. The Kier molecular flexibility index (Phi) is 6.33. The van der Waals surface area contributed by atoms with Crippen LogP contribution in [0.15, 0.2) is 54.6 Å². The molecule has 29 heavy (non-hydrogen) atoms. The number of carboxylic acid groups (broad SMARTS) is 1. The van der Waals surface area contributed by atoms with Crippen molar-refractivity contribution in [1.82, 2.24) is 10.2 Å². The molecular formula is C21H24N4O4. The van der Waals surface area contributed by atoms with Crippen molar-refractivity contribution in [2.45, 2.75) is 13.0 Å². The molecular weight excluding hydrogens is 372 g/mol. The Morgan fingerprint density at radius 3 is 2.21 bits per heavy atom. The molecule has 0 spiro atoms. The van der Waals surface area contributed by atoms with Crippen LogP contribution >= 0.6 is 0 Å². The van der Waals surface area contributed by atoms with Crippen molar-refractivity contribution >= 4 is 29.3 Å². The number of carboxylic acids is 1. The number of rotatable bonds is 5. The Balaban J connectivity index is 1.63. The van der Waals surface area contributed by atoms with Crippen LogP contribution < -0.4 is 15.5 Å². The number of benzene rings is 2. The van der Waals surface area contributed by atoms with Crippen molar-refractivity contribution in [3.63, 3.8) is 0 Å². The number of amides is 3. The van der Waals surface area contributed by atoms with E-state index in [1.54, 1.807) is 12.1 Å². The third-order valence-electron chi connectivity index (χ3n) is 4.80. The van der Waals surface area contributed by atoms with Crippen molar-refractivity contribution in [2.24, 2.45) is 0 Å². The van der Waals surface area contributed by atoms with Crippen molar-refractivity contribution < 1.29 is 19.5 Å². The van der Waals surface area contributed by atoms with E-state index >= 15 is 0 Å². The normalized spacial score (nSPS) is 14.8. The van der Waals surface area contributed by atoms with Gasteiger partial charge in [0, 0.05) is 31.7 Å². The minimum atomic E-state index is -1.10. The van der Waals surface area contributed by atoms with E-state index in [-0.39, 0.29) is 5.91 Å². The number of aliphatic carboxylic acids is 1. The van der Waals surface area contributed by atoms with Crippen molar-refractivity contribution in [3.05, 3.63) is 60.2 Å². The summed E-state index contributed by atoms with van der Waals surface area (Å²) >= 11 is 0. The quantitative estimate of drug-likeness (QED) is 0.719. The van der Waals surface area contributed by atoms with Gasteiger partial charge < -0.3 is 25.5 Å². The number of piperazine rings is 1. The van der Waals surface area contributed by atoms with E-state index in [1.165, 1.54) is 6.92 Å². The molecule has 1 fully saturated rings. The summed E-state index contributed by atoms with van der Waals surface area (Å²) in [6.45, 7) is 3.81. The lowest BCUT2D eigenvalue weighted by atomic mass is 10.1. The fourth-order valence-electron chi connectivity index (χ4n) is 3.19. The number of nitrogens with zero attached hydrogens (tertiary/aromatic N) is 2. The van der Waals surface area contributed by atoms with Gasteiger partial charge in [0.2, 0.25) is 0 Å². The highest BCUT2D eigenvalue weighted by Crippen LogP contribution is 2.27. The lowest BCUT2D eigenvalue weighted by Crippen LogP contribution is -2.49. The van der Waals surface area contributed by atoms with Crippen LogP contribution in [0.25, 0.3) is 0 Å². The first kappa shape index (κ1) is 20.2. The molecule has 3 N–H and O–H groups in total. The van der Waals surface area contributed by atoms with E-state index in [0.717, 1.165) is 5.69 Å². The first-order valence-corrected chi connectivity index (χ1v) is 9.44. The molecule has 0 saturated carbocycles. The second kappa shape index (κ2) is 9.09. The highest BCUT2D eigenvalue weighted by Gasteiger charge is 2.24. The van der Waals surface area contributed by atoms with Crippen LogP contribution in [0.2, 0.25) is 0 Å². The SMILES string of the molecule is CC(NC(=O)Nc1ccccc1N1CCN(C(=O)c2ccccc2)CC1)C(=O)O. The molecule has 0 bridgehead atoms. The Morgan fingerprint density at radius 2 is 1.55 bits per heavy atom. The zero-order chi connectivity index (χ0) is 20.8. The van der Waals surface area contributed by atoms with Crippen LogP contribution in [0.4, 0.5) is 16.2 Å². The summed E-state index contributed by atoms with van der Waals surface area (Å²) in [5.41, 5.74) is 2.09. The van der Waals surface area contributed by atoms with Gasteiger partial charge in [-0.15, -0.1) is 0 Å². The molecule has 2 aromatic rings. The number of carbonyl (C=O) groups excluding carboxylic acids is 2. The number of urea groups is 1. The van der Waals surface area contributed by atoms with Gasteiger partial charge >= 0.3 is 12.0 Å². The average Bonchev–Trinajstić information content (AvgIpc) is 2.74. The number of anilines is 2. The lowest BCUT2D eigenvalue weighted by Gasteiger charge is -2.37. The van der Waals surface area contributed by atoms with Gasteiger partial charge in [0.05, 0.1) is 11.4 Å². The standard InChI is InChI=1S/C21H24N4O4/c1-15(20(27)28)22-21(29)23-17-9-5-6-10-18(17)24-11-13-25(14-12-24)19(26)16-7-3-2-4-8-16/h2-10,15H,11-14H2,1H3,(H,27,28)(H2,22,23,29). The largest absolute Gasteiger partial charge is 0.480 e. The molecule has 3 rings (SSSR count). The first-order valence-electron chi connectivity index (χ1n) is 9.44. The van der Waals surface area contributed by atoms with Gasteiger partial charge in [-0.05, 0) is 31.2 Å². The third kappa shape index (κ3) is 5.04. The lowest BCUT2D eigenvalue weighted by molar-refractivity contribution is -0.138.